The Morgan fingerprint density at radius 1 is 1.16 bits per heavy atom. The van der Waals surface area contributed by atoms with E-state index in [0.29, 0.717) is 11.3 Å². The average molecular weight is 442 g/mol. The monoisotopic (exact) mass is 441 g/mol. The Balaban J connectivity index is 1.56. The zero-order valence-electron chi connectivity index (χ0n) is 15.7. The number of halogens is 2. The third-order valence-corrected chi connectivity index (χ3v) is 4.90. The van der Waals surface area contributed by atoms with Gasteiger partial charge in [-0.05, 0) is 24.3 Å². The number of non-ortho nitro benzene ring substituents is 1. The summed E-state index contributed by atoms with van der Waals surface area (Å²) in [5.74, 6) is -0.566. The van der Waals surface area contributed by atoms with Crippen molar-refractivity contribution in [2.24, 2.45) is 0 Å². The first-order chi connectivity index (χ1) is 14.8. The van der Waals surface area contributed by atoms with Crippen molar-refractivity contribution in [2.75, 3.05) is 0 Å². The van der Waals surface area contributed by atoms with Crippen molar-refractivity contribution >= 4 is 35.3 Å². The number of nitrogens with one attached hydrogen (secondary N) is 1. The van der Waals surface area contributed by atoms with Crippen LogP contribution in [0.25, 0.3) is 17.4 Å². The van der Waals surface area contributed by atoms with Gasteiger partial charge in [0.1, 0.15) is 23.0 Å². The highest BCUT2D eigenvalue weighted by molar-refractivity contribution is 6.33. The van der Waals surface area contributed by atoms with E-state index < -0.39 is 22.7 Å². The number of urea groups is 1. The standard InChI is InChI=1S/C21H13ClFN3O5/c22-16-9-13(26(29)30)5-7-15(16)19-8-6-14(31-19)10-18-20(27)25(21(28)24-18)11-12-3-1-2-4-17(12)23/h1-10H,11H2,(H,24,28)/b18-10+. The van der Waals surface area contributed by atoms with E-state index in [1.807, 2.05) is 0 Å². The molecule has 0 bridgehead atoms. The topological polar surface area (TPSA) is 106 Å². The lowest BCUT2D eigenvalue weighted by molar-refractivity contribution is -0.384. The first kappa shape index (κ1) is 20.3. The molecule has 2 heterocycles. The molecule has 8 nitrogen and oxygen atoms in total. The summed E-state index contributed by atoms with van der Waals surface area (Å²) in [5, 5.41) is 13.4. The van der Waals surface area contributed by atoms with Crippen molar-refractivity contribution in [1.29, 1.82) is 0 Å². The molecule has 3 amide bonds. The van der Waals surface area contributed by atoms with Crippen LogP contribution < -0.4 is 5.32 Å². The second-order valence-corrected chi connectivity index (χ2v) is 7.00. The molecule has 156 valence electrons. The first-order valence-electron chi connectivity index (χ1n) is 8.95. The minimum absolute atomic E-state index is 0.0305. The smallest absolute Gasteiger partial charge is 0.329 e. The van der Waals surface area contributed by atoms with Gasteiger partial charge >= 0.3 is 6.03 Å². The van der Waals surface area contributed by atoms with Gasteiger partial charge in [0.05, 0.1) is 16.5 Å². The second kappa shape index (κ2) is 8.04. The maximum atomic E-state index is 13.9. The molecule has 31 heavy (non-hydrogen) atoms. The minimum Gasteiger partial charge on any atom is -0.457 e. The van der Waals surface area contributed by atoms with Crippen molar-refractivity contribution in [3.8, 4) is 11.3 Å². The van der Waals surface area contributed by atoms with Crippen molar-refractivity contribution < 1.29 is 23.3 Å². The molecule has 1 fully saturated rings. The average Bonchev–Trinajstić information content (AvgIpc) is 3.29. The Bertz CT molecular complexity index is 1250. The summed E-state index contributed by atoms with van der Waals surface area (Å²) in [6, 6.07) is 12.3. The minimum atomic E-state index is -0.676. The number of carbonyl (C=O) groups excluding carboxylic acids is 2. The molecule has 1 aromatic heterocycles. The van der Waals surface area contributed by atoms with Crippen molar-refractivity contribution in [2.45, 2.75) is 6.54 Å². The number of amides is 3. The van der Waals surface area contributed by atoms with Gasteiger partial charge in [-0.15, -0.1) is 0 Å². The Morgan fingerprint density at radius 2 is 1.94 bits per heavy atom. The number of nitro benzene ring substituents is 1. The van der Waals surface area contributed by atoms with Gasteiger partial charge in [-0.3, -0.25) is 19.8 Å². The SMILES string of the molecule is O=C1N/C(=C/c2ccc(-c3ccc([N+](=O)[O-])cc3Cl)o2)C(=O)N1Cc1ccccc1F. The highest BCUT2D eigenvalue weighted by Gasteiger charge is 2.34. The highest BCUT2D eigenvalue weighted by Crippen LogP contribution is 2.33. The van der Waals surface area contributed by atoms with Crippen LogP contribution in [-0.4, -0.2) is 21.8 Å². The number of carbonyl (C=O) groups is 2. The van der Waals surface area contributed by atoms with Crippen LogP contribution in [0.2, 0.25) is 5.02 Å². The molecule has 1 aliphatic heterocycles. The number of furan rings is 1. The number of imide groups is 1. The number of rotatable bonds is 5. The van der Waals surface area contributed by atoms with Gasteiger partial charge in [-0.25, -0.2) is 9.18 Å². The summed E-state index contributed by atoms with van der Waals surface area (Å²) in [4.78, 5) is 36.0. The third kappa shape index (κ3) is 4.03. The molecule has 1 saturated heterocycles. The molecular weight excluding hydrogens is 429 g/mol. The number of hydrogen-bond donors (Lipinski definition) is 1. The second-order valence-electron chi connectivity index (χ2n) is 6.59. The third-order valence-electron chi connectivity index (χ3n) is 4.59. The molecular formula is C21H13ClFN3O5. The Labute approximate surface area is 179 Å². The zero-order chi connectivity index (χ0) is 22.1. The van der Waals surface area contributed by atoms with Crippen molar-refractivity contribution in [3.05, 3.63) is 92.6 Å². The number of hydrogen-bond acceptors (Lipinski definition) is 5. The lowest BCUT2D eigenvalue weighted by Crippen LogP contribution is -2.30. The van der Waals surface area contributed by atoms with Gasteiger partial charge in [0.15, 0.2) is 0 Å². The van der Waals surface area contributed by atoms with E-state index in [9.17, 15) is 24.1 Å². The summed E-state index contributed by atoms with van der Waals surface area (Å²) >= 11 is 6.11. The summed E-state index contributed by atoms with van der Waals surface area (Å²) in [6.07, 6.45) is 1.34. The van der Waals surface area contributed by atoms with E-state index in [2.05, 4.69) is 5.32 Å². The van der Waals surface area contributed by atoms with Gasteiger partial charge in [0.25, 0.3) is 11.6 Å². The summed E-state index contributed by atoms with van der Waals surface area (Å²) in [6.45, 7) is -0.212. The van der Waals surface area contributed by atoms with Gasteiger partial charge in [0, 0.05) is 29.3 Å². The molecule has 4 rings (SSSR count). The van der Waals surface area contributed by atoms with Crippen LogP contribution in [0.15, 0.2) is 64.7 Å². The lowest BCUT2D eigenvalue weighted by atomic mass is 10.1. The zero-order valence-corrected chi connectivity index (χ0v) is 16.4. The summed E-state index contributed by atoms with van der Waals surface area (Å²) in [5.41, 5.74) is 0.453. The van der Waals surface area contributed by atoms with Gasteiger partial charge in [0.2, 0.25) is 0 Å². The fourth-order valence-electron chi connectivity index (χ4n) is 3.05. The normalized spacial score (nSPS) is 14.9. The molecule has 3 aromatic rings. The lowest BCUT2D eigenvalue weighted by Gasteiger charge is -2.12. The van der Waals surface area contributed by atoms with Crippen molar-refractivity contribution in [1.82, 2.24) is 10.2 Å². The van der Waals surface area contributed by atoms with E-state index in [1.165, 1.54) is 42.5 Å². The van der Waals surface area contributed by atoms with Crippen LogP contribution in [0.4, 0.5) is 14.9 Å². The number of benzene rings is 2. The maximum Gasteiger partial charge on any atom is 0.329 e. The molecule has 0 aliphatic carbocycles. The number of nitrogens with zero attached hydrogens (tertiary/aromatic N) is 2. The quantitative estimate of drug-likeness (QED) is 0.266. The predicted octanol–water partition coefficient (Wildman–Crippen LogP) is 4.74. The van der Waals surface area contributed by atoms with Crippen LogP contribution in [-0.2, 0) is 11.3 Å². The molecule has 0 atom stereocenters. The predicted molar refractivity (Wildman–Crippen MR) is 109 cm³/mol. The fourth-order valence-corrected chi connectivity index (χ4v) is 3.31. The molecule has 1 N–H and O–H groups in total. The van der Waals surface area contributed by atoms with Crippen molar-refractivity contribution in [3.63, 3.8) is 0 Å². The number of nitro groups is 1. The Morgan fingerprint density at radius 3 is 2.65 bits per heavy atom. The van der Waals surface area contributed by atoms with Gasteiger partial charge < -0.3 is 9.73 Å². The Kier molecular flexibility index (Phi) is 5.26. The molecule has 2 aromatic carbocycles. The maximum absolute atomic E-state index is 13.9. The molecule has 0 spiro atoms. The van der Waals surface area contributed by atoms with Gasteiger partial charge in [-0.2, -0.15) is 0 Å². The van der Waals surface area contributed by atoms with Crippen LogP contribution >= 0.6 is 11.6 Å². The molecule has 0 radical (unpaired) electrons. The van der Waals surface area contributed by atoms with Crippen LogP contribution in [0.1, 0.15) is 11.3 Å². The molecule has 10 heteroatoms. The van der Waals surface area contributed by atoms with E-state index in [1.54, 1.807) is 18.2 Å². The van der Waals surface area contributed by atoms with Crippen LogP contribution in [0, 0.1) is 15.9 Å². The fraction of sp³-hybridized carbons (Fsp3) is 0.0476. The van der Waals surface area contributed by atoms with E-state index in [0.717, 1.165) is 4.90 Å². The summed E-state index contributed by atoms with van der Waals surface area (Å²) < 4.78 is 19.5. The first-order valence-corrected chi connectivity index (χ1v) is 9.33. The van der Waals surface area contributed by atoms with Crippen LogP contribution in [0.3, 0.4) is 0 Å². The molecule has 0 saturated carbocycles. The largest absolute Gasteiger partial charge is 0.457 e. The van der Waals surface area contributed by atoms with Crippen LogP contribution in [0.5, 0.6) is 0 Å². The van der Waals surface area contributed by atoms with Gasteiger partial charge in [-0.1, -0.05) is 29.8 Å². The Hall–Kier alpha value is -3.98. The summed E-state index contributed by atoms with van der Waals surface area (Å²) in [7, 11) is 0. The molecule has 0 unspecified atom stereocenters. The van der Waals surface area contributed by atoms with E-state index in [4.69, 9.17) is 16.0 Å². The van der Waals surface area contributed by atoms with E-state index >= 15 is 0 Å². The molecule has 1 aliphatic rings. The van der Waals surface area contributed by atoms with E-state index in [-0.39, 0.29) is 34.3 Å². The highest BCUT2D eigenvalue weighted by atomic mass is 35.5.